The molecule has 2 aromatic rings. The van der Waals surface area contributed by atoms with Crippen LogP contribution < -0.4 is 10.2 Å². The predicted molar refractivity (Wildman–Crippen MR) is 101 cm³/mol. The largest absolute Gasteiger partial charge is 0.478 e. The predicted octanol–water partition coefficient (Wildman–Crippen LogP) is 3.92. The highest BCUT2D eigenvalue weighted by Gasteiger charge is 2.18. The summed E-state index contributed by atoms with van der Waals surface area (Å²) in [6.45, 7) is 1.81. The quantitative estimate of drug-likeness (QED) is 0.819. The van der Waals surface area contributed by atoms with Crippen molar-refractivity contribution in [3.63, 3.8) is 0 Å². The summed E-state index contributed by atoms with van der Waals surface area (Å²) in [5.41, 5.74) is 2.36. The third kappa shape index (κ3) is 4.97. The number of rotatable bonds is 6. The summed E-state index contributed by atoms with van der Waals surface area (Å²) in [7, 11) is 3.94. The smallest absolute Gasteiger partial charge is 0.337 e. The summed E-state index contributed by atoms with van der Waals surface area (Å²) in [6, 6.07) is 12.4. The van der Waals surface area contributed by atoms with Crippen molar-refractivity contribution in [3.8, 4) is 0 Å². The van der Waals surface area contributed by atoms with Crippen LogP contribution in [0.2, 0.25) is 5.02 Å². The van der Waals surface area contributed by atoms with Gasteiger partial charge in [0.1, 0.15) is 0 Å². The molecule has 0 saturated heterocycles. The van der Waals surface area contributed by atoms with E-state index in [-0.39, 0.29) is 23.1 Å². The van der Waals surface area contributed by atoms with Crippen LogP contribution in [-0.2, 0) is 11.2 Å². The SMILES string of the molecule is CC(Cc1ccc(N(C)C)cc1)C(=O)Nc1ccc(Cl)cc1C(=O)O. The van der Waals surface area contributed by atoms with Gasteiger partial charge in [-0.05, 0) is 42.3 Å². The van der Waals surface area contributed by atoms with Crippen molar-refractivity contribution in [1.29, 1.82) is 0 Å². The molecule has 0 bridgehead atoms. The average Bonchev–Trinajstić information content (AvgIpc) is 2.56. The minimum Gasteiger partial charge on any atom is -0.478 e. The van der Waals surface area contributed by atoms with Gasteiger partial charge >= 0.3 is 5.97 Å². The van der Waals surface area contributed by atoms with Crippen molar-refractivity contribution < 1.29 is 14.7 Å². The molecule has 0 aliphatic carbocycles. The molecule has 132 valence electrons. The molecule has 1 unspecified atom stereocenters. The molecule has 0 spiro atoms. The molecule has 6 heteroatoms. The second kappa shape index (κ2) is 8.03. The average molecular weight is 361 g/mol. The van der Waals surface area contributed by atoms with E-state index in [4.69, 9.17) is 11.6 Å². The van der Waals surface area contributed by atoms with Crippen molar-refractivity contribution in [2.75, 3.05) is 24.3 Å². The number of hydrogen-bond donors (Lipinski definition) is 2. The first-order valence-electron chi connectivity index (χ1n) is 7.88. The Labute approximate surface area is 152 Å². The maximum Gasteiger partial charge on any atom is 0.337 e. The Bertz CT molecular complexity index is 773. The van der Waals surface area contributed by atoms with Crippen molar-refractivity contribution in [1.82, 2.24) is 0 Å². The third-order valence-corrected chi connectivity index (χ3v) is 4.15. The second-order valence-electron chi connectivity index (χ2n) is 6.15. The summed E-state index contributed by atoms with van der Waals surface area (Å²) in [6.07, 6.45) is 0.565. The molecule has 2 rings (SSSR count). The number of carbonyl (C=O) groups excluding carboxylic acids is 1. The first-order chi connectivity index (χ1) is 11.8. The van der Waals surface area contributed by atoms with Crippen molar-refractivity contribution in [2.45, 2.75) is 13.3 Å². The lowest BCUT2D eigenvalue weighted by atomic mass is 9.99. The molecule has 5 nitrogen and oxygen atoms in total. The fourth-order valence-electron chi connectivity index (χ4n) is 2.43. The Hall–Kier alpha value is -2.53. The highest BCUT2D eigenvalue weighted by molar-refractivity contribution is 6.31. The van der Waals surface area contributed by atoms with Gasteiger partial charge in [0.15, 0.2) is 0 Å². The molecule has 0 aromatic heterocycles. The van der Waals surface area contributed by atoms with Crippen molar-refractivity contribution in [3.05, 3.63) is 58.6 Å². The number of carboxylic acids is 1. The summed E-state index contributed by atoms with van der Waals surface area (Å²) in [4.78, 5) is 25.7. The third-order valence-electron chi connectivity index (χ3n) is 3.91. The van der Waals surface area contributed by atoms with Crippen LogP contribution in [0.25, 0.3) is 0 Å². The number of carbonyl (C=O) groups is 2. The summed E-state index contributed by atoms with van der Waals surface area (Å²) >= 11 is 5.82. The Balaban J connectivity index is 2.07. The molecular formula is C19H21ClN2O3. The molecule has 1 atom stereocenters. The van der Waals surface area contributed by atoms with Gasteiger partial charge in [0, 0.05) is 30.7 Å². The Morgan fingerprint density at radius 3 is 2.36 bits per heavy atom. The van der Waals surface area contributed by atoms with Crippen molar-refractivity contribution >= 4 is 34.9 Å². The lowest BCUT2D eigenvalue weighted by Crippen LogP contribution is -2.23. The van der Waals surface area contributed by atoms with Crippen LogP contribution in [-0.4, -0.2) is 31.1 Å². The number of hydrogen-bond acceptors (Lipinski definition) is 3. The number of aromatic carboxylic acids is 1. The van der Waals surface area contributed by atoms with Crippen LogP contribution in [0.3, 0.4) is 0 Å². The molecule has 2 N–H and O–H groups in total. The molecule has 0 aliphatic rings. The van der Waals surface area contributed by atoms with E-state index in [9.17, 15) is 14.7 Å². The van der Waals surface area contributed by atoms with Gasteiger partial charge in [-0.25, -0.2) is 4.79 Å². The molecule has 0 aliphatic heterocycles. The molecular weight excluding hydrogens is 340 g/mol. The fraction of sp³-hybridized carbons (Fsp3) is 0.263. The van der Waals surface area contributed by atoms with Gasteiger partial charge in [-0.1, -0.05) is 30.7 Å². The summed E-state index contributed by atoms with van der Waals surface area (Å²) in [5.74, 6) is -1.67. The standard InChI is InChI=1S/C19H21ClN2O3/c1-12(10-13-4-7-15(8-5-13)22(2)3)18(23)21-17-9-6-14(20)11-16(17)19(24)25/h4-9,11-12H,10H2,1-3H3,(H,21,23)(H,24,25). The summed E-state index contributed by atoms with van der Waals surface area (Å²) < 4.78 is 0. The molecule has 0 fully saturated rings. The van der Waals surface area contributed by atoms with Crippen LogP contribution in [0, 0.1) is 5.92 Å². The number of nitrogens with zero attached hydrogens (tertiary/aromatic N) is 1. The van der Waals surface area contributed by atoms with E-state index in [2.05, 4.69) is 5.32 Å². The van der Waals surface area contributed by atoms with Crippen LogP contribution in [0.15, 0.2) is 42.5 Å². The van der Waals surface area contributed by atoms with Crippen LogP contribution >= 0.6 is 11.6 Å². The van der Waals surface area contributed by atoms with Gasteiger partial charge in [-0.2, -0.15) is 0 Å². The minimum atomic E-state index is -1.13. The highest BCUT2D eigenvalue weighted by Crippen LogP contribution is 2.22. The van der Waals surface area contributed by atoms with E-state index in [1.54, 1.807) is 6.07 Å². The van der Waals surface area contributed by atoms with Crippen LogP contribution in [0.5, 0.6) is 0 Å². The monoisotopic (exact) mass is 360 g/mol. The van der Waals surface area contributed by atoms with Gasteiger partial charge in [0.25, 0.3) is 0 Å². The Morgan fingerprint density at radius 2 is 1.80 bits per heavy atom. The van der Waals surface area contributed by atoms with Gasteiger partial charge in [0.05, 0.1) is 11.3 Å². The van der Waals surface area contributed by atoms with E-state index in [1.807, 2.05) is 50.2 Å². The van der Waals surface area contributed by atoms with Gasteiger partial charge in [-0.3, -0.25) is 4.79 Å². The molecule has 0 heterocycles. The molecule has 0 saturated carbocycles. The van der Waals surface area contributed by atoms with E-state index >= 15 is 0 Å². The normalized spacial score (nSPS) is 11.7. The maximum absolute atomic E-state index is 12.4. The number of halogens is 1. The zero-order valence-electron chi connectivity index (χ0n) is 14.4. The van der Waals surface area contributed by atoms with Gasteiger partial charge in [-0.15, -0.1) is 0 Å². The maximum atomic E-state index is 12.4. The zero-order valence-corrected chi connectivity index (χ0v) is 15.2. The van der Waals surface area contributed by atoms with Crippen LogP contribution in [0.1, 0.15) is 22.8 Å². The topological polar surface area (TPSA) is 69.6 Å². The van der Waals surface area contributed by atoms with E-state index in [0.29, 0.717) is 11.4 Å². The zero-order chi connectivity index (χ0) is 18.6. The van der Waals surface area contributed by atoms with Gasteiger partial charge in [0.2, 0.25) is 5.91 Å². The van der Waals surface area contributed by atoms with Crippen LogP contribution in [0.4, 0.5) is 11.4 Å². The second-order valence-corrected chi connectivity index (χ2v) is 6.59. The molecule has 0 radical (unpaired) electrons. The molecule has 2 aromatic carbocycles. The van der Waals surface area contributed by atoms with E-state index < -0.39 is 5.97 Å². The summed E-state index contributed by atoms with van der Waals surface area (Å²) in [5, 5.41) is 12.2. The first-order valence-corrected chi connectivity index (χ1v) is 8.25. The van der Waals surface area contributed by atoms with E-state index in [1.165, 1.54) is 12.1 Å². The number of nitrogens with one attached hydrogen (secondary N) is 1. The molecule has 25 heavy (non-hydrogen) atoms. The number of amides is 1. The van der Waals surface area contributed by atoms with E-state index in [0.717, 1.165) is 11.3 Å². The number of anilines is 2. The lowest BCUT2D eigenvalue weighted by Gasteiger charge is -2.15. The number of carboxylic acid groups (broad SMARTS) is 1. The lowest BCUT2D eigenvalue weighted by molar-refractivity contribution is -0.119. The number of benzene rings is 2. The molecule has 1 amide bonds. The van der Waals surface area contributed by atoms with Crippen molar-refractivity contribution in [2.24, 2.45) is 5.92 Å². The minimum absolute atomic E-state index is 0.0246. The Kier molecular flexibility index (Phi) is 6.04. The first kappa shape index (κ1) is 18.8. The fourth-order valence-corrected chi connectivity index (χ4v) is 2.61. The Morgan fingerprint density at radius 1 is 1.16 bits per heavy atom. The van der Waals surface area contributed by atoms with Gasteiger partial charge < -0.3 is 15.3 Å². The highest BCUT2D eigenvalue weighted by atomic mass is 35.5.